The first-order valence-corrected chi connectivity index (χ1v) is 11.3. The Labute approximate surface area is 167 Å². The van der Waals surface area contributed by atoms with E-state index in [2.05, 4.69) is 13.8 Å². The number of ether oxygens (including phenoxy) is 1. The highest BCUT2D eigenvalue weighted by Crippen LogP contribution is 2.22. The van der Waals surface area contributed by atoms with Gasteiger partial charge in [0.1, 0.15) is 0 Å². The molecule has 0 aliphatic carbocycles. The molecule has 0 rings (SSSR count). The minimum atomic E-state index is -0.624. The molecule has 0 saturated carbocycles. The monoisotopic (exact) mass is 390 g/mol. The van der Waals surface area contributed by atoms with E-state index in [1.54, 1.807) is 0 Å². The second-order valence-electron chi connectivity index (χ2n) is 7.91. The summed E-state index contributed by atoms with van der Waals surface area (Å²) in [6.07, 6.45) is 13.2. The van der Waals surface area contributed by atoms with Crippen LogP contribution in [-0.4, -0.2) is 58.1 Å². The highest BCUT2D eigenvalue weighted by atomic mass is 16.5. The molecule has 0 saturated heterocycles. The molecule has 0 amide bonds. The number of unbranched alkanes of at least 4 members (excludes halogenated alkanes) is 4. The number of aliphatic hydroxyl groups is 4. The van der Waals surface area contributed by atoms with Crippen LogP contribution in [0.5, 0.6) is 0 Å². The highest BCUT2D eigenvalue weighted by molar-refractivity contribution is 4.68. The first kappa shape index (κ1) is 26.8. The standard InChI is InChI=1S/C22H46O5/c1-3-5-7-13-21(15-9-11-19(25)17-23)27-22(14-8-6-4-2)16-10-12-20(26)18-24/h19-26H,3-18H2,1-2H3. The van der Waals surface area contributed by atoms with Crippen molar-refractivity contribution in [1.82, 2.24) is 0 Å². The first-order chi connectivity index (χ1) is 13.1. The van der Waals surface area contributed by atoms with Gasteiger partial charge in [0.2, 0.25) is 0 Å². The SMILES string of the molecule is CCCCCC(CCCC(O)CO)OC(CCCCC)CCCC(O)CO. The Kier molecular flexibility index (Phi) is 19.0. The van der Waals surface area contributed by atoms with Gasteiger partial charge in [-0.15, -0.1) is 0 Å². The lowest BCUT2D eigenvalue weighted by atomic mass is 10.0. The molecule has 0 aromatic heterocycles. The predicted octanol–water partition coefficient (Wildman–Crippen LogP) is 3.95. The summed E-state index contributed by atoms with van der Waals surface area (Å²) in [5.74, 6) is 0. The Bertz CT molecular complexity index is 272. The molecule has 4 unspecified atom stereocenters. The molecule has 5 nitrogen and oxygen atoms in total. The molecule has 4 N–H and O–H groups in total. The maximum absolute atomic E-state index is 9.57. The van der Waals surface area contributed by atoms with Crippen LogP contribution in [0.4, 0.5) is 0 Å². The molecule has 0 radical (unpaired) electrons. The van der Waals surface area contributed by atoms with E-state index in [4.69, 9.17) is 14.9 Å². The summed E-state index contributed by atoms with van der Waals surface area (Å²) in [5, 5.41) is 37.1. The van der Waals surface area contributed by atoms with Gasteiger partial charge in [0.25, 0.3) is 0 Å². The first-order valence-electron chi connectivity index (χ1n) is 11.3. The highest BCUT2D eigenvalue weighted by Gasteiger charge is 2.17. The number of rotatable bonds is 20. The van der Waals surface area contributed by atoms with Crippen molar-refractivity contribution in [2.24, 2.45) is 0 Å². The fourth-order valence-corrected chi connectivity index (χ4v) is 3.42. The minimum Gasteiger partial charge on any atom is -0.394 e. The Balaban J connectivity index is 4.54. The van der Waals surface area contributed by atoms with Gasteiger partial charge in [-0.2, -0.15) is 0 Å². The summed E-state index contributed by atoms with van der Waals surface area (Å²) in [6.45, 7) is 4.06. The van der Waals surface area contributed by atoms with E-state index >= 15 is 0 Å². The zero-order valence-electron chi connectivity index (χ0n) is 17.8. The fourth-order valence-electron chi connectivity index (χ4n) is 3.42. The van der Waals surface area contributed by atoms with Crippen LogP contribution >= 0.6 is 0 Å². The van der Waals surface area contributed by atoms with Crippen LogP contribution in [0.2, 0.25) is 0 Å². The zero-order valence-corrected chi connectivity index (χ0v) is 17.8. The van der Waals surface area contributed by atoms with E-state index in [1.807, 2.05) is 0 Å². The van der Waals surface area contributed by atoms with Gasteiger partial charge in [0.15, 0.2) is 0 Å². The number of aliphatic hydroxyl groups excluding tert-OH is 4. The summed E-state index contributed by atoms with van der Waals surface area (Å²) in [7, 11) is 0. The van der Waals surface area contributed by atoms with Gasteiger partial charge in [-0.05, 0) is 51.4 Å². The third-order valence-electron chi connectivity index (χ3n) is 5.19. The minimum absolute atomic E-state index is 0.172. The Morgan fingerprint density at radius 3 is 1.26 bits per heavy atom. The lowest BCUT2D eigenvalue weighted by Crippen LogP contribution is -2.24. The van der Waals surface area contributed by atoms with Crippen molar-refractivity contribution in [3.05, 3.63) is 0 Å². The molecule has 4 atom stereocenters. The van der Waals surface area contributed by atoms with Crippen molar-refractivity contribution in [2.45, 2.75) is 128 Å². The van der Waals surface area contributed by atoms with Gasteiger partial charge in [-0.1, -0.05) is 52.4 Å². The van der Waals surface area contributed by atoms with Gasteiger partial charge < -0.3 is 25.2 Å². The second-order valence-corrected chi connectivity index (χ2v) is 7.91. The topological polar surface area (TPSA) is 90.2 Å². The molecule has 0 bridgehead atoms. The third kappa shape index (κ3) is 16.5. The van der Waals surface area contributed by atoms with Crippen molar-refractivity contribution in [3.63, 3.8) is 0 Å². The quantitative estimate of drug-likeness (QED) is 0.236. The van der Waals surface area contributed by atoms with Crippen LogP contribution in [0.25, 0.3) is 0 Å². The van der Waals surface area contributed by atoms with E-state index in [-0.39, 0.29) is 25.4 Å². The molecule has 0 aliphatic heterocycles. The summed E-state index contributed by atoms with van der Waals surface area (Å²) < 4.78 is 6.49. The van der Waals surface area contributed by atoms with Gasteiger partial charge in [-0.3, -0.25) is 0 Å². The third-order valence-corrected chi connectivity index (χ3v) is 5.19. The molecule has 0 fully saturated rings. The van der Waals surface area contributed by atoms with E-state index in [9.17, 15) is 10.2 Å². The number of hydrogen-bond acceptors (Lipinski definition) is 5. The molecule has 0 aliphatic rings. The fraction of sp³-hybridized carbons (Fsp3) is 1.00. The maximum atomic E-state index is 9.57. The average molecular weight is 391 g/mol. The molecule has 0 spiro atoms. The molecule has 0 aromatic rings. The van der Waals surface area contributed by atoms with Crippen LogP contribution in [-0.2, 0) is 4.74 Å². The van der Waals surface area contributed by atoms with E-state index in [1.165, 1.54) is 25.7 Å². The van der Waals surface area contributed by atoms with Crippen LogP contribution in [0.3, 0.4) is 0 Å². The van der Waals surface area contributed by atoms with Crippen molar-refractivity contribution in [2.75, 3.05) is 13.2 Å². The Morgan fingerprint density at radius 1 is 0.556 bits per heavy atom. The van der Waals surface area contributed by atoms with Gasteiger partial charge >= 0.3 is 0 Å². The van der Waals surface area contributed by atoms with Crippen molar-refractivity contribution in [1.29, 1.82) is 0 Å². The average Bonchev–Trinajstić information content (AvgIpc) is 2.67. The normalized spacial score (nSPS) is 16.2. The zero-order chi connectivity index (χ0) is 20.3. The molecule has 0 heterocycles. The summed E-state index contributed by atoms with van der Waals surface area (Å²) in [5.41, 5.74) is 0. The largest absolute Gasteiger partial charge is 0.394 e. The van der Waals surface area contributed by atoms with Crippen LogP contribution in [0.1, 0.15) is 104 Å². The molecule has 27 heavy (non-hydrogen) atoms. The van der Waals surface area contributed by atoms with Gasteiger partial charge in [-0.25, -0.2) is 0 Å². The van der Waals surface area contributed by atoms with Crippen LogP contribution in [0, 0.1) is 0 Å². The van der Waals surface area contributed by atoms with Crippen molar-refractivity contribution in [3.8, 4) is 0 Å². The predicted molar refractivity (Wildman–Crippen MR) is 111 cm³/mol. The van der Waals surface area contributed by atoms with E-state index in [0.29, 0.717) is 12.8 Å². The smallest absolute Gasteiger partial charge is 0.0771 e. The lowest BCUT2D eigenvalue weighted by molar-refractivity contribution is -0.0355. The summed E-state index contributed by atoms with van der Waals surface area (Å²) in [4.78, 5) is 0. The molecular formula is C22H46O5. The van der Waals surface area contributed by atoms with Crippen molar-refractivity contribution < 1.29 is 25.2 Å². The Hall–Kier alpha value is -0.200. The molecule has 164 valence electrons. The molecule has 5 heteroatoms. The van der Waals surface area contributed by atoms with Gasteiger partial charge in [0.05, 0.1) is 37.6 Å². The van der Waals surface area contributed by atoms with E-state index in [0.717, 1.165) is 51.4 Å². The second kappa shape index (κ2) is 19.1. The van der Waals surface area contributed by atoms with Crippen LogP contribution < -0.4 is 0 Å². The molecular weight excluding hydrogens is 344 g/mol. The maximum Gasteiger partial charge on any atom is 0.0771 e. The summed E-state index contributed by atoms with van der Waals surface area (Å²) >= 11 is 0. The Morgan fingerprint density at radius 2 is 0.926 bits per heavy atom. The number of hydrogen-bond donors (Lipinski definition) is 4. The van der Waals surface area contributed by atoms with Crippen molar-refractivity contribution >= 4 is 0 Å². The van der Waals surface area contributed by atoms with E-state index < -0.39 is 12.2 Å². The van der Waals surface area contributed by atoms with Gasteiger partial charge in [0, 0.05) is 0 Å². The molecule has 0 aromatic carbocycles. The summed E-state index contributed by atoms with van der Waals surface area (Å²) in [6, 6.07) is 0. The lowest BCUT2D eigenvalue weighted by Gasteiger charge is -2.26. The van der Waals surface area contributed by atoms with Crippen LogP contribution in [0.15, 0.2) is 0 Å².